The summed E-state index contributed by atoms with van der Waals surface area (Å²) in [5, 5.41) is 0.238. The average Bonchev–Trinajstić information content (AvgIpc) is 2.80. The van der Waals surface area contributed by atoms with Gasteiger partial charge in [0.25, 0.3) is 5.91 Å². The number of hydrogen-bond acceptors (Lipinski definition) is 3. The van der Waals surface area contributed by atoms with E-state index in [0.29, 0.717) is 17.0 Å². The van der Waals surface area contributed by atoms with Crippen LogP contribution in [0.4, 0.5) is 8.78 Å². The van der Waals surface area contributed by atoms with Crippen molar-refractivity contribution in [2.75, 3.05) is 0 Å². The first-order valence-electron chi connectivity index (χ1n) is 10.6. The molecule has 0 spiro atoms. The number of carbonyl (C=O) groups excluding carboxylic acids is 1. The first kappa shape index (κ1) is 24.2. The van der Waals surface area contributed by atoms with Gasteiger partial charge >= 0.3 is 0 Å². The van der Waals surface area contributed by atoms with Crippen molar-refractivity contribution in [2.24, 2.45) is 5.73 Å². The van der Waals surface area contributed by atoms with Gasteiger partial charge in [0.15, 0.2) is 17.1 Å². The smallest absolute Gasteiger partial charge is 0.268 e. The van der Waals surface area contributed by atoms with Crippen LogP contribution in [0.1, 0.15) is 73.5 Å². The van der Waals surface area contributed by atoms with Crippen LogP contribution in [0, 0.1) is 18.6 Å². The second-order valence-electron chi connectivity index (χ2n) is 7.20. The van der Waals surface area contributed by atoms with E-state index in [-0.39, 0.29) is 16.5 Å². The highest BCUT2D eigenvalue weighted by atomic mass is 19.2. The number of primary amides is 1. The van der Waals surface area contributed by atoms with E-state index in [2.05, 4.69) is 9.97 Å². The lowest BCUT2D eigenvalue weighted by Gasteiger charge is -2.23. The van der Waals surface area contributed by atoms with E-state index in [1.807, 2.05) is 13.8 Å². The van der Waals surface area contributed by atoms with Gasteiger partial charge in [0.1, 0.15) is 5.69 Å². The quantitative estimate of drug-likeness (QED) is 0.574. The van der Waals surface area contributed by atoms with Crippen LogP contribution in [0.15, 0.2) is 41.5 Å². The largest absolute Gasteiger partial charge is 0.364 e. The highest BCUT2D eigenvalue weighted by Crippen LogP contribution is 2.35. The Morgan fingerprint density at radius 3 is 2.42 bits per heavy atom. The van der Waals surface area contributed by atoms with Crippen LogP contribution in [0.3, 0.4) is 0 Å². The third kappa shape index (κ3) is 5.75. The van der Waals surface area contributed by atoms with Crippen molar-refractivity contribution in [3.8, 4) is 0 Å². The first-order valence-corrected chi connectivity index (χ1v) is 10.6. The van der Waals surface area contributed by atoms with Gasteiger partial charge in [0.2, 0.25) is 0 Å². The molecule has 1 fully saturated rings. The van der Waals surface area contributed by atoms with Crippen molar-refractivity contribution in [3.63, 3.8) is 0 Å². The number of nitrogens with zero attached hydrogens (tertiary/aromatic N) is 1. The van der Waals surface area contributed by atoms with E-state index in [1.165, 1.54) is 43.8 Å². The number of aromatic amines is 1. The SMILES string of the molecule is CC.Cc1c(C2CCCCC2)ccc(F)c1F.NC(=O)c1nccc2[nH]ccc(=O)c12. The van der Waals surface area contributed by atoms with Crippen molar-refractivity contribution in [3.05, 3.63) is 75.3 Å². The van der Waals surface area contributed by atoms with Gasteiger partial charge in [0.05, 0.1) is 10.9 Å². The number of halogens is 2. The molecule has 0 saturated heterocycles. The summed E-state index contributed by atoms with van der Waals surface area (Å²) in [6, 6.07) is 5.95. The molecule has 2 heterocycles. The zero-order valence-electron chi connectivity index (χ0n) is 18.2. The number of benzene rings is 1. The van der Waals surface area contributed by atoms with E-state index < -0.39 is 17.5 Å². The number of pyridine rings is 2. The summed E-state index contributed by atoms with van der Waals surface area (Å²) in [6.45, 7) is 5.68. The Hall–Kier alpha value is -3.09. The predicted octanol–water partition coefficient (Wildman–Crippen LogP) is 5.37. The lowest BCUT2D eigenvalue weighted by molar-refractivity contribution is 0.0997. The first-order chi connectivity index (χ1) is 14.9. The highest BCUT2D eigenvalue weighted by Gasteiger charge is 2.20. The number of H-pyrrole nitrogens is 1. The zero-order valence-corrected chi connectivity index (χ0v) is 18.2. The lowest BCUT2D eigenvalue weighted by Crippen LogP contribution is -2.17. The molecule has 4 rings (SSSR count). The van der Waals surface area contributed by atoms with Crippen LogP contribution in [0.2, 0.25) is 0 Å². The van der Waals surface area contributed by atoms with Crippen LogP contribution < -0.4 is 11.2 Å². The maximum absolute atomic E-state index is 13.4. The molecule has 0 radical (unpaired) electrons. The fourth-order valence-electron chi connectivity index (χ4n) is 3.83. The van der Waals surface area contributed by atoms with Gasteiger partial charge in [-0.25, -0.2) is 8.78 Å². The average molecular weight is 430 g/mol. The Morgan fingerprint density at radius 1 is 1.10 bits per heavy atom. The minimum absolute atomic E-state index is 0.00403. The third-order valence-corrected chi connectivity index (χ3v) is 5.33. The van der Waals surface area contributed by atoms with Gasteiger partial charge in [-0.05, 0) is 48.9 Å². The number of aromatic nitrogens is 2. The monoisotopic (exact) mass is 429 g/mol. The van der Waals surface area contributed by atoms with Crippen molar-refractivity contribution < 1.29 is 13.6 Å². The normalized spacial score (nSPS) is 13.6. The molecule has 166 valence electrons. The van der Waals surface area contributed by atoms with Crippen LogP contribution >= 0.6 is 0 Å². The van der Waals surface area contributed by atoms with Crippen LogP contribution in [-0.2, 0) is 0 Å². The molecule has 5 nitrogen and oxygen atoms in total. The molecular weight excluding hydrogens is 400 g/mol. The number of amides is 1. The second-order valence-corrected chi connectivity index (χ2v) is 7.20. The van der Waals surface area contributed by atoms with Gasteiger partial charge in [-0.15, -0.1) is 0 Å². The number of nitrogens with two attached hydrogens (primary N) is 1. The van der Waals surface area contributed by atoms with Crippen molar-refractivity contribution >= 4 is 16.8 Å². The third-order valence-electron chi connectivity index (χ3n) is 5.33. The van der Waals surface area contributed by atoms with Gasteiger partial charge in [-0.1, -0.05) is 39.2 Å². The Bertz CT molecular complexity index is 1080. The summed E-state index contributed by atoms with van der Waals surface area (Å²) in [6.07, 6.45) is 8.87. The van der Waals surface area contributed by atoms with Crippen molar-refractivity contribution in [1.29, 1.82) is 0 Å². The molecule has 0 atom stereocenters. The Balaban J connectivity index is 0.000000204. The van der Waals surface area contributed by atoms with Gasteiger partial charge < -0.3 is 10.7 Å². The summed E-state index contributed by atoms with van der Waals surface area (Å²) in [4.78, 5) is 29.0. The molecule has 1 aliphatic carbocycles. The molecule has 0 bridgehead atoms. The summed E-state index contributed by atoms with van der Waals surface area (Å²) >= 11 is 0. The van der Waals surface area contributed by atoms with Gasteiger partial charge in [0, 0.05) is 18.5 Å². The summed E-state index contributed by atoms with van der Waals surface area (Å²) in [5.74, 6) is -1.66. The number of fused-ring (bicyclic) bond motifs is 1. The Morgan fingerprint density at radius 2 is 1.77 bits per heavy atom. The molecule has 0 unspecified atom stereocenters. The number of carbonyl (C=O) groups is 1. The molecule has 1 saturated carbocycles. The number of nitrogens with one attached hydrogen (secondary N) is 1. The molecule has 2 aromatic heterocycles. The molecule has 7 heteroatoms. The molecule has 31 heavy (non-hydrogen) atoms. The molecule has 1 aliphatic rings. The topological polar surface area (TPSA) is 88.8 Å². The number of rotatable bonds is 2. The molecule has 3 N–H and O–H groups in total. The zero-order chi connectivity index (χ0) is 23.0. The summed E-state index contributed by atoms with van der Waals surface area (Å²) < 4.78 is 26.3. The predicted molar refractivity (Wildman–Crippen MR) is 119 cm³/mol. The Labute approximate surface area is 180 Å². The molecule has 3 aromatic rings. The number of hydrogen-bond donors (Lipinski definition) is 2. The van der Waals surface area contributed by atoms with Crippen molar-refractivity contribution in [1.82, 2.24) is 9.97 Å². The van der Waals surface area contributed by atoms with E-state index >= 15 is 0 Å². The maximum atomic E-state index is 13.4. The fraction of sp³-hybridized carbons (Fsp3) is 0.375. The molecule has 1 aromatic carbocycles. The van der Waals surface area contributed by atoms with Crippen LogP contribution in [0.25, 0.3) is 10.9 Å². The highest BCUT2D eigenvalue weighted by molar-refractivity contribution is 6.03. The van der Waals surface area contributed by atoms with E-state index in [1.54, 1.807) is 19.1 Å². The van der Waals surface area contributed by atoms with E-state index in [4.69, 9.17) is 5.73 Å². The lowest BCUT2D eigenvalue weighted by atomic mass is 9.82. The standard InChI is InChI=1S/C13H16F2.C9H7N3O2.C2H6/c1-9-11(7-8-12(14)13(9)15)10-5-3-2-4-6-10;10-9(14)8-7-5(1-3-12-8)11-4-2-6(7)13;1-2/h7-8,10H,2-6H2,1H3;1-4H,(H2,10,14)(H,11,13);1-2H3. The summed E-state index contributed by atoms with van der Waals surface area (Å²) in [5.41, 5.74) is 6.90. The minimum atomic E-state index is -0.730. The van der Waals surface area contributed by atoms with E-state index in [0.717, 1.165) is 18.4 Å². The fourth-order valence-corrected chi connectivity index (χ4v) is 3.83. The van der Waals surface area contributed by atoms with Gasteiger partial charge in [-0.2, -0.15) is 0 Å². The van der Waals surface area contributed by atoms with E-state index in [9.17, 15) is 18.4 Å². The van der Waals surface area contributed by atoms with Crippen molar-refractivity contribution in [2.45, 2.75) is 58.8 Å². The second kappa shape index (κ2) is 11.3. The van der Waals surface area contributed by atoms with Crippen LogP contribution in [0.5, 0.6) is 0 Å². The Kier molecular flexibility index (Phi) is 8.85. The minimum Gasteiger partial charge on any atom is -0.364 e. The molecule has 0 aliphatic heterocycles. The van der Waals surface area contributed by atoms with Gasteiger partial charge in [-0.3, -0.25) is 14.6 Å². The molecule has 1 amide bonds. The van der Waals surface area contributed by atoms with Crippen LogP contribution in [-0.4, -0.2) is 15.9 Å². The summed E-state index contributed by atoms with van der Waals surface area (Å²) in [7, 11) is 0. The molecular formula is C24H29F2N3O2. The maximum Gasteiger partial charge on any atom is 0.268 e.